The van der Waals surface area contributed by atoms with Crippen LogP contribution in [0.4, 0.5) is 0 Å². The van der Waals surface area contributed by atoms with Crippen molar-refractivity contribution in [3.63, 3.8) is 0 Å². The average Bonchev–Trinajstić information content (AvgIpc) is 2.60. The summed E-state index contributed by atoms with van der Waals surface area (Å²) in [7, 11) is 0. The van der Waals surface area contributed by atoms with Crippen LogP contribution in [0.15, 0.2) is 16.9 Å². The zero-order chi connectivity index (χ0) is 13.1. The topological polar surface area (TPSA) is 111 Å². The fourth-order valence-corrected chi connectivity index (χ4v) is 1.48. The summed E-state index contributed by atoms with van der Waals surface area (Å²) in [6.45, 7) is 6.75. The summed E-state index contributed by atoms with van der Waals surface area (Å²) in [6, 6.07) is 0. The predicted octanol–water partition coefficient (Wildman–Crippen LogP) is 1.08. The molecule has 0 aliphatic carbocycles. The van der Waals surface area contributed by atoms with Gasteiger partial charge in [-0.3, -0.25) is 16.1 Å². The van der Waals surface area contributed by atoms with Crippen LogP contribution in [0.5, 0.6) is 0 Å². The Morgan fingerprint density at radius 3 is 2.53 bits per heavy atom. The van der Waals surface area contributed by atoms with Gasteiger partial charge < -0.3 is 15.5 Å². The summed E-state index contributed by atoms with van der Waals surface area (Å²) in [6.07, 6.45) is 3.38. The van der Waals surface area contributed by atoms with Gasteiger partial charge in [-0.2, -0.15) is 0 Å². The monoisotopic (exact) mass is 237 g/mol. The lowest BCUT2D eigenvalue weighted by Gasteiger charge is -2.18. The summed E-state index contributed by atoms with van der Waals surface area (Å²) in [4.78, 5) is 0. The molecule has 0 fully saturated rings. The number of rotatable bonds is 2. The van der Waals surface area contributed by atoms with E-state index in [2.05, 4.69) is 31.4 Å². The molecule has 1 rings (SSSR count). The molecule has 0 aromatic carbocycles. The number of hydrogen-bond donors (Lipinski definition) is 5. The Balaban J connectivity index is 2.61. The first-order valence-corrected chi connectivity index (χ1v) is 5.29. The predicted molar refractivity (Wildman–Crippen MR) is 67.0 cm³/mol. The lowest BCUT2D eigenvalue weighted by Crippen LogP contribution is -2.43. The van der Waals surface area contributed by atoms with Gasteiger partial charge in [0.1, 0.15) is 0 Å². The van der Waals surface area contributed by atoms with Crippen LogP contribution in [0.1, 0.15) is 31.9 Å². The molecule has 0 amide bonds. The van der Waals surface area contributed by atoms with E-state index in [4.69, 9.17) is 21.0 Å². The normalized spacial score (nSPS) is 11.0. The molecule has 0 bridgehead atoms. The Morgan fingerprint density at radius 1 is 1.35 bits per heavy atom. The second-order valence-corrected chi connectivity index (χ2v) is 4.83. The summed E-state index contributed by atoms with van der Waals surface area (Å²) >= 11 is 0. The maximum atomic E-state index is 7.47. The van der Waals surface area contributed by atoms with E-state index in [1.807, 2.05) is 0 Å². The summed E-state index contributed by atoms with van der Waals surface area (Å²) in [5, 5.41) is 19.6. The Morgan fingerprint density at radius 2 is 2.00 bits per heavy atom. The highest BCUT2D eigenvalue weighted by Gasteiger charge is 2.19. The molecule has 6 heteroatoms. The van der Waals surface area contributed by atoms with Crippen LogP contribution in [0.2, 0.25) is 0 Å². The lowest BCUT2D eigenvalue weighted by atomic mass is 9.86. The summed E-state index contributed by atoms with van der Waals surface area (Å²) < 4.78 is 5.19. The van der Waals surface area contributed by atoms with E-state index in [9.17, 15) is 0 Å². The van der Waals surface area contributed by atoms with Crippen LogP contribution in [0.25, 0.3) is 0 Å². The molecule has 0 aliphatic heterocycles. The van der Waals surface area contributed by atoms with E-state index in [0.717, 1.165) is 11.1 Å². The van der Waals surface area contributed by atoms with E-state index in [-0.39, 0.29) is 17.3 Å². The van der Waals surface area contributed by atoms with Crippen molar-refractivity contribution in [1.82, 2.24) is 10.6 Å². The first-order chi connectivity index (χ1) is 7.80. The summed E-state index contributed by atoms with van der Waals surface area (Å²) in [5.74, 6) is -0.260. The standard InChI is InChI=1S/C11H19N5O/c1-11(2,3)8-6-17-5-7(8)4-15-10(14)16-9(12)13/h5-6H,4H2,1-3H3,(H6,12,13,14,15,16). The van der Waals surface area contributed by atoms with Crippen molar-refractivity contribution in [2.75, 3.05) is 0 Å². The second-order valence-electron chi connectivity index (χ2n) is 4.83. The molecular weight excluding hydrogens is 218 g/mol. The highest BCUT2D eigenvalue weighted by atomic mass is 16.3. The molecule has 0 saturated carbocycles. The van der Waals surface area contributed by atoms with Crippen LogP contribution < -0.4 is 16.4 Å². The van der Waals surface area contributed by atoms with Crippen molar-refractivity contribution >= 4 is 11.9 Å². The molecule has 0 atom stereocenters. The molecule has 0 radical (unpaired) electrons. The fourth-order valence-electron chi connectivity index (χ4n) is 1.48. The third kappa shape index (κ3) is 3.82. The van der Waals surface area contributed by atoms with Gasteiger partial charge in [0.15, 0.2) is 11.9 Å². The van der Waals surface area contributed by atoms with Crippen molar-refractivity contribution in [1.29, 1.82) is 10.8 Å². The minimum atomic E-state index is -0.259. The van der Waals surface area contributed by atoms with Crippen LogP contribution in [0, 0.1) is 10.8 Å². The minimum Gasteiger partial charge on any atom is -0.472 e. The van der Waals surface area contributed by atoms with Crippen LogP contribution >= 0.6 is 0 Å². The first-order valence-electron chi connectivity index (χ1n) is 5.29. The van der Waals surface area contributed by atoms with Crippen molar-refractivity contribution in [3.8, 4) is 0 Å². The fraction of sp³-hybridized carbons (Fsp3) is 0.455. The molecule has 0 saturated heterocycles. The molecule has 1 aromatic rings. The largest absolute Gasteiger partial charge is 0.472 e. The quantitative estimate of drug-likeness (QED) is 0.391. The smallest absolute Gasteiger partial charge is 0.195 e. The van der Waals surface area contributed by atoms with Gasteiger partial charge in [-0.15, -0.1) is 0 Å². The maximum absolute atomic E-state index is 7.47. The number of nitrogens with one attached hydrogen (secondary N) is 4. The molecular formula is C11H19N5O. The zero-order valence-corrected chi connectivity index (χ0v) is 10.3. The molecule has 17 heavy (non-hydrogen) atoms. The van der Waals surface area contributed by atoms with E-state index in [1.165, 1.54) is 0 Å². The molecule has 0 aliphatic rings. The number of hydrogen-bond acceptors (Lipinski definition) is 3. The van der Waals surface area contributed by atoms with Crippen molar-refractivity contribution in [2.24, 2.45) is 5.73 Å². The molecule has 1 heterocycles. The first kappa shape index (κ1) is 13.1. The average molecular weight is 237 g/mol. The number of nitrogens with two attached hydrogens (primary N) is 1. The van der Waals surface area contributed by atoms with Crippen molar-refractivity contribution in [2.45, 2.75) is 32.7 Å². The van der Waals surface area contributed by atoms with Gasteiger partial charge in [-0.1, -0.05) is 20.8 Å². The van der Waals surface area contributed by atoms with Crippen LogP contribution in [-0.4, -0.2) is 11.9 Å². The van der Waals surface area contributed by atoms with Crippen molar-refractivity contribution in [3.05, 3.63) is 23.7 Å². The maximum Gasteiger partial charge on any atom is 0.195 e. The van der Waals surface area contributed by atoms with Crippen molar-refractivity contribution < 1.29 is 4.42 Å². The van der Waals surface area contributed by atoms with Gasteiger partial charge >= 0.3 is 0 Å². The zero-order valence-electron chi connectivity index (χ0n) is 10.3. The van der Waals surface area contributed by atoms with E-state index in [1.54, 1.807) is 12.5 Å². The number of furan rings is 1. The minimum absolute atomic E-state index is 0.000206. The lowest BCUT2D eigenvalue weighted by molar-refractivity contribution is 0.537. The van der Waals surface area contributed by atoms with Gasteiger partial charge in [0.2, 0.25) is 0 Å². The Kier molecular flexibility index (Phi) is 3.77. The molecule has 6 N–H and O–H groups in total. The van der Waals surface area contributed by atoms with Crippen LogP contribution in [0.3, 0.4) is 0 Å². The molecule has 94 valence electrons. The highest BCUT2D eigenvalue weighted by Crippen LogP contribution is 2.26. The molecule has 1 aromatic heterocycles. The van der Waals surface area contributed by atoms with Gasteiger partial charge in [0, 0.05) is 17.7 Å². The Hall–Kier alpha value is -1.98. The Labute approximate surface area is 101 Å². The van der Waals surface area contributed by atoms with Gasteiger partial charge in [-0.25, -0.2) is 0 Å². The Bertz CT molecular complexity index is 416. The molecule has 0 spiro atoms. The van der Waals surface area contributed by atoms with Gasteiger partial charge in [-0.05, 0) is 5.41 Å². The molecule has 6 nitrogen and oxygen atoms in total. The SMILES string of the molecule is CC(C)(C)c1cocc1CNC(=N)NC(=N)N. The second kappa shape index (κ2) is 4.90. The third-order valence-electron chi connectivity index (χ3n) is 2.27. The van der Waals surface area contributed by atoms with Crippen LogP contribution in [-0.2, 0) is 12.0 Å². The van der Waals surface area contributed by atoms with E-state index in [0.29, 0.717) is 6.54 Å². The third-order valence-corrected chi connectivity index (χ3v) is 2.27. The van der Waals surface area contributed by atoms with Gasteiger partial charge in [0.25, 0.3) is 0 Å². The van der Waals surface area contributed by atoms with E-state index < -0.39 is 0 Å². The number of guanidine groups is 2. The summed E-state index contributed by atoms with van der Waals surface area (Å²) in [5.41, 5.74) is 7.21. The van der Waals surface area contributed by atoms with E-state index >= 15 is 0 Å². The molecule has 0 unspecified atom stereocenters. The van der Waals surface area contributed by atoms with Gasteiger partial charge in [0.05, 0.1) is 12.5 Å². The highest BCUT2D eigenvalue weighted by molar-refractivity contribution is 5.94.